The third kappa shape index (κ3) is 3.99. The van der Waals surface area contributed by atoms with Gasteiger partial charge in [-0.3, -0.25) is 4.79 Å². The first-order valence-corrected chi connectivity index (χ1v) is 7.76. The predicted octanol–water partition coefficient (Wildman–Crippen LogP) is 4.03. The van der Waals surface area contributed by atoms with E-state index in [2.05, 4.69) is 11.1 Å². The molecule has 0 spiro atoms. The number of carboxylic acid groups (broad SMARTS) is 1. The van der Waals surface area contributed by atoms with Gasteiger partial charge in [-0.05, 0) is 25.0 Å². The minimum absolute atomic E-state index is 0.284. The van der Waals surface area contributed by atoms with Gasteiger partial charge in [-0.15, -0.1) is 11.3 Å². The highest BCUT2D eigenvalue weighted by Gasteiger charge is 2.03. The van der Waals surface area contributed by atoms with E-state index in [1.165, 1.54) is 4.70 Å². The van der Waals surface area contributed by atoms with Gasteiger partial charge in [0.05, 0.1) is 10.2 Å². The molecule has 0 unspecified atom stereocenters. The summed E-state index contributed by atoms with van der Waals surface area (Å²) in [5.41, 5.74) is 1.07. The third-order valence-corrected chi connectivity index (χ3v) is 4.80. The molecule has 1 N–H and O–H groups in total. The molecule has 5 heteroatoms. The van der Waals surface area contributed by atoms with Crippen LogP contribution in [0, 0.1) is 0 Å². The summed E-state index contributed by atoms with van der Waals surface area (Å²) in [6.45, 7) is 0. The molecule has 2 aromatic rings. The second kappa shape index (κ2) is 6.75. The average molecular weight is 281 g/mol. The van der Waals surface area contributed by atoms with Crippen molar-refractivity contribution in [2.75, 3.05) is 5.75 Å². The van der Waals surface area contributed by atoms with Gasteiger partial charge in [0.2, 0.25) is 0 Å². The molecule has 0 fully saturated rings. The summed E-state index contributed by atoms with van der Waals surface area (Å²) in [5.74, 6) is 0.313. The van der Waals surface area contributed by atoms with Crippen molar-refractivity contribution in [3.63, 3.8) is 0 Å². The van der Waals surface area contributed by atoms with Crippen molar-refractivity contribution < 1.29 is 9.90 Å². The van der Waals surface area contributed by atoms with Crippen LogP contribution < -0.4 is 0 Å². The monoisotopic (exact) mass is 281 g/mol. The van der Waals surface area contributed by atoms with Crippen molar-refractivity contribution in [2.45, 2.75) is 30.0 Å². The minimum Gasteiger partial charge on any atom is -0.481 e. The standard InChI is InChI=1S/C13H15NO2S2/c15-12(16)8-2-1-5-9-17-13-14-10-6-3-4-7-11(10)18-13/h3-4,6-7H,1-2,5,8-9H2,(H,15,16). The number of benzene rings is 1. The van der Waals surface area contributed by atoms with Crippen LogP contribution in [0.3, 0.4) is 0 Å². The van der Waals surface area contributed by atoms with E-state index in [0.29, 0.717) is 0 Å². The van der Waals surface area contributed by atoms with Gasteiger partial charge in [0.25, 0.3) is 0 Å². The number of carbonyl (C=O) groups is 1. The zero-order valence-electron chi connectivity index (χ0n) is 9.96. The minimum atomic E-state index is -0.700. The summed E-state index contributed by atoms with van der Waals surface area (Å²) in [6, 6.07) is 8.15. The quantitative estimate of drug-likeness (QED) is 0.615. The van der Waals surface area contributed by atoms with Crippen LogP contribution in [0.15, 0.2) is 28.6 Å². The molecule has 0 atom stereocenters. The Morgan fingerprint density at radius 3 is 2.89 bits per heavy atom. The lowest BCUT2D eigenvalue weighted by Crippen LogP contribution is -1.93. The fourth-order valence-electron chi connectivity index (χ4n) is 1.63. The molecule has 0 amide bonds. The van der Waals surface area contributed by atoms with Crippen molar-refractivity contribution in [3.05, 3.63) is 24.3 Å². The first kappa shape index (κ1) is 13.4. The molecule has 1 aromatic carbocycles. The molecular formula is C13H15NO2S2. The van der Waals surface area contributed by atoms with Crippen molar-refractivity contribution in [3.8, 4) is 0 Å². The van der Waals surface area contributed by atoms with Crippen LogP contribution in [0.2, 0.25) is 0 Å². The average Bonchev–Trinajstić information content (AvgIpc) is 2.75. The number of thioether (sulfide) groups is 1. The number of para-hydroxylation sites is 1. The van der Waals surface area contributed by atoms with Gasteiger partial charge < -0.3 is 5.11 Å². The lowest BCUT2D eigenvalue weighted by molar-refractivity contribution is -0.137. The topological polar surface area (TPSA) is 50.2 Å². The molecule has 18 heavy (non-hydrogen) atoms. The molecule has 0 saturated heterocycles. The number of thiazole rings is 1. The molecule has 0 saturated carbocycles. The van der Waals surface area contributed by atoms with Crippen LogP contribution >= 0.6 is 23.1 Å². The summed E-state index contributed by atoms with van der Waals surface area (Å²) in [7, 11) is 0. The van der Waals surface area contributed by atoms with E-state index in [1.807, 2.05) is 18.2 Å². The number of aliphatic carboxylic acids is 1. The first-order valence-electron chi connectivity index (χ1n) is 5.96. The number of hydrogen-bond acceptors (Lipinski definition) is 4. The Balaban J connectivity index is 1.72. The van der Waals surface area contributed by atoms with E-state index in [9.17, 15) is 4.79 Å². The largest absolute Gasteiger partial charge is 0.481 e. The van der Waals surface area contributed by atoms with Crippen molar-refractivity contribution in [1.82, 2.24) is 4.98 Å². The van der Waals surface area contributed by atoms with Crippen LogP contribution in [0.5, 0.6) is 0 Å². The van der Waals surface area contributed by atoms with Gasteiger partial charge in [-0.1, -0.05) is 30.3 Å². The first-order chi connectivity index (χ1) is 8.75. The van der Waals surface area contributed by atoms with Gasteiger partial charge in [-0.2, -0.15) is 0 Å². The van der Waals surface area contributed by atoms with Crippen molar-refractivity contribution in [1.29, 1.82) is 0 Å². The number of nitrogens with zero attached hydrogens (tertiary/aromatic N) is 1. The van der Waals surface area contributed by atoms with E-state index < -0.39 is 5.97 Å². The summed E-state index contributed by atoms with van der Waals surface area (Å²) in [6.07, 6.45) is 3.08. The fraction of sp³-hybridized carbons (Fsp3) is 0.385. The molecule has 1 heterocycles. The van der Waals surface area contributed by atoms with E-state index in [-0.39, 0.29) is 6.42 Å². The maximum atomic E-state index is 10.3. The molecule has 0 bridgehead atoms. The van der Waals surface area contributed by atoms with Gasteiger partial charge >= 0.3 is 5.97 Å². The molecule has 2 rings (SSSR count). The SMILES string of the molecule is O=C(O)CCCCCSc1nc2ccccc2s1. The van der Waals surface area contributed by atoms with Crippen LogP contribution in [0.1, 0.15) is 25.7 Å². The fourth-order valence-corrected chi connectivity index (χ4v) is 3.77. The van der Waals surface area contributed by atoms with Crippen molar-refractivity contribution in [2.24, 2.45) is 0 Å². The zero-order valence-corrected chi connectivity index (χ0v) is 11.6. The Morgan fingerprint density at radius 1 is 1.28 bits per heavy atom. The van der Waals surface area contributed by atoms with E-state index in [0.717, 1.165) is 34.9 Å². The number of aromatic nitrogens is 1. The van der Waals surface area contributed by atoms with Gasteiger partial charge in [-0.25, -0.2) is 4.98 Å². The molecule has 3 nitrogen and oxygen atoms in total. The molecule has 0 aliphatic heterocycles. The van der Waals surface area contributed by atoms with Crippen LogP contribution in [0.4, 0.5) is 0 Å². The summed E-state index contributed by atoms with van der Waals surface area (Å²) < 4.78 is 2.33. The Kier molecular flexibility index (Phi) is 5.01. The Morgan fingerprint density at radius 2 is 2.11 bits per heavy atom. The number of fused-ring (bicyclic) bond motifs is 1. The highest BCUT2D eigenvalue weighted by atomic mass is 32.2. The zero-order chi connectivity index (χ0) is 12.8. The highest BCUT2D eigenvalue weighted by Crippen LogP contribution is 2.29. The third-order valence-electron chi connectivity index (χ3n) is 2.53. The van der Waals surface area contributed by atoms with E-state index in [4.69, 9.17) is 5.11 Å². The van der Waals surface area contributed by atoms with E-state index in [1.54, 1.807) is 23.1 Å². The van der Waals surface area contributed by atoms with Crippen LogP contribution in [0.25, 0.3) is 10.2 Å². The second-order valence-corrected chi connectivity index (χ2v) is 6.37. The van der Waals surface area contributed by atoms with Gasteiger partial charge in [0.1, 0.15) is 0 Å². The highest BCUT2D eigenvalue weighted by molar-refractivity contribution is 8.01. The second-order valence-electron chi connectivity index (χ2n) is 4.00. The summed E-state index contributed by atoms with van der Waals surface area (Å²) >= 11 is 3.49. The smallest absolute Gasteiger partial charge is 0.303 e. The predicted molar refractivity (Wildman–Crippen MR) is 76.4 cm³/mol. The normalized spacial score (nSPS) is 10.9. The molecular weight excluding hydrogens is 266 g/mol. The molecule has 96 valence electrons. The maximum absolute atomic E-state index is 10.3. The molecule has 0 aliphatic rings. The number of carboxylic acids is 1. The number of rotatable bonds is 7. The number of unbranched alkanes of at least 4 members (excludes halogenated alkanes) is 2. The molecule has 1 aromatic heterocycles. The Labute approximate surface area is 114 Å². The molecule has 0 aliphatic carbocycles. The Hall–Kier alpha value is -1.07. The lowest BCUT2D eigenvalue weighted by Gasteiger charge is -1.97. The lowest BCUT2D eigenvalue weighted by atomic mass is 10.2. The van der Waals surface area contributed by atoms with Gasteiger partial charge in [0, 0.05) is 12.2 Å². The maximum Gasteiger partial charge on any atom is 0.303 e. The van der Waals surface area contributed by atoms with Crippen molar-refractivity contribution >= 4 is 39.3 Å². The van der Waals surface area contributed by atoms with E-state index >= 15 is 0 Å². The van der Waals surface area contributed by atoms with Gasteiger partial charge in [0.15, 0.2) is 4.34 Å². The Bertz CT molecular complexity index is 491. The summed E-state index contributed by atoms with van der Waals surface area (Å²) in [5, 5.41) is 8.52. The van der Waals surface area contributed by atoms with Crippen LogP contribution in [-0.4, -0.2) is 21.8 Å². The molecule has 0 radical (unpaired) electrons. The van der Waals surface area contributed by atoms with Crippen LogP contribution in [-0.2, 0) is 4.79 Å². The summed E-state index contributed by atoms with van der Waals surface area (Å²) in [4.78, 5) is 14.9. The number of hydrogen-bond donors (Lipinski definition) is 1.